The van der Waals surface area contributed by atoms with E-state index >= 15 is 0 Å². The third-order valence-electron chi connectivity index (χ3n) is 3.86. The molecule has 22 heavy (non-hydrogen) atoms. The molecule has 0 aliphatic carbocycles. The number of aliphatic imine (C=N–C) groups is 1. The predicted octanol–water partition coefficient (Wildman–Crippen LogP) is 3.73. The number of benzene rings is 2. The van der Waals surface area contributed by atoms with E-state index in [0.717, 1.165) is 35.8 Å². The summed E-state index contributed by atoms with van der Waals surface area (Å²) in [5.74, 6) is 1.65. The quantitative estimate of drug-likeness (QED) is 0.862. The van der Waals surface area contributed by atoms with Gasteiger partial charge in [0.15, 0.2) is 0 Å². The number of methoxy groups -OCH3 is 2. The molecule has 0 aromatic heterocycles. The number of hydrogen-bond donors (Lipinski definition) is 0. The van der Waals surface area contributed by atoms with Gasteiger partial charge in [-0.2, -0.15) is 0 Å². The highest BCUT2D eigenvalue weighted by Gasteiger charge is 2.16. The van der Waals surface area contributed by atoms with E-state index in [-0.39, 0.29) is 0 Å². The number of anilines is 1. The monoisotopic (exact) mass is 296 g/mol. The molecule has 2 aromatic carbocycles. The fourth-order valence-corrected chi connectivity index (χ4v) is 2.67. The molecule has 0 spiro atoms. The first-order valence-corrected chi connectivity index (χ1v) is 7.30. The van der Waals surface area contributed by atoms with Gasteiger partial charge in [0.25, 0.3) is 0 Å². The van der Waals surface area contributed by atoms with Crippen molar-refractivity contribution in [1.29, 1.82) is 0 Å². The zero-order valence-electron chi connectivity index (χ0n) is 13.2. The topological polar surface area (TPSA) is 34.1 Å². The van der Waals surface area contributed by atoms with Crippen LogP contribution in [0.5, 0.6) is 11.5 Å². The summed E-state index contributed by atoms with van der Waals surface area (Å²) >= 11 is 0. The molecule has 0 amide bonds. The lowest BCUT2D eigenvalue weighted by Crippen LogP contribution is -2.27. The molecular weight excluding hydrogens is 276 g/mol. The summed E-state index contributed by atoms with van der Waals surface area (Å²) in [4.78, 5) is 6.78. The predicted molar refractivity (Wildman–Crippen MR) is 89.9 cm³/mol. The maximum Gasteiger partial charge on any atom is 0.127 e. The molecule has 0 N–H and O–H groups in total. The molecule has 114 valence electrons. The zero-order chi connectivity index (χ0) is 15.5. The second kappa shape index (κ2) is 6.10. The Hall–Kier alpha value is -2.49. The highest BCUT2D eigenvalue weighted by Crippen LogP contribution is 2.34. The van der Waals surface area contributed by atoms with Crippen LogP contribution in [0.25, 0.3) is 0 Å². The summed E-state index contributed by atoms with van der Waals surface area (Å²) in [5.41, 5.74) is 4.55. The van der Waals surface area contributed by atoms with Crippen LogP contribution in [0.3, 0.4) is 0 Å². The lowest BCUT2D eigenvalue weighted by molar-refractivity contribution is 0.391. The molecule has 0 atom stereocenters. The van der Waals surface area contributed by atoms with Gasteiger partial charge in [-0.3, -0.25) is 4.99 Å². The number of nitrogens with zero attached hydrogens (tertiary/aromatic N) is 2. The van der Waals surface area contributed by atoms with Crippen molar-refractivity contribution in [2.24, 2.45) is 4.99 Å². The van der Waals surface area contributed by atoms with E-state index in [1.165, 1.54) is 11.3 Å². The first-order valence-electron chi connectivity index (χ1n) is 7.30. The van der Waals surface area contributed by atoms with Gasteiger partial charge in [0.05, 0.1) is 32.1 Å². The van der Waals surface area contributed by atoms with Gasteiger partial charge in [0, 0.05) is 24.4 Å². The van der Waals surface area contributed by atoms with Crippen molar-refractivity contribution in [1.82, 2.24) is 0 Å². The molecule has 0 radical (unpaired) electrons. The van der Waals surface area contributed by atoms with E-state index in [2.05, 4.69) is 41.1 Å². The third-order valence-corrected chi connectivity index (χ3v) is 3.86. The minimum absolute atomic E-state index is 0.773. The Kier molecular flexibility index (Phi) is 4.00. The summed E-state index contributed by atoms with van der Waals surface area (Å²) in [6, 6.07) is 12.3. The molecule has 0 unspecified atom stereocenters. The fourth-order valence-electron chi connectivity index (χ4n) is 2.67. The normalized spacial score (nSPS) is 13.0. The van der Waals surface area contributed by atoms with Crippen LogP contribution in [-0.2, 0) is 6.54 Å². The van der Waals surface area contributed by atoms with Crippen LogP contribution in [0, 0.1) is 6.92 Å². The molecule has 2 aromatic rings. The number of rotatable bonds is 4. The van der Waals surface area contributed by atoms with Gasteiger partial charge < -0.3 is 14.4 Å². The van der Waals surface area contributed by atoms with Crippen LogP contribution in [0.4, 0.5) is 11.4 Å². The van der Waals surface area contributed by atoms with Crippen molar-refractivity contribution < 1.29 is 9.47 Å². The molecular formula is C18H20N2O2. The van der Waals surface area contributed by atoms with Crippen LogP contribution in [0.15, 0.2) is 41.4 Å². The number of hydrogen-bond acceptors (Lipinski definition) is 4. The molecule has 4 nitrogen and oxygen atoms in total. The van der Waals surface area contributed by atoms with Crippen LogP contribution >= 0.6 is 0 Å². The van der Waals surface area contributed by atoms with E-state index in [9.17, 15) is 0 Å². The van der Waals surface area contributed by atoms with Gasteiger partial charge in [-0.05, 0) is 36.8 Å². The molecule has 4 heteroatoms. The average Bonchev–Trinajstić information content (AvgIpc) is 2.55. The van der Waals surface area contributed by atoms with Crippen LogP contribution in [0.1, 0.15) is 11.1 Å². The standard InChI is InChI=1S/C18H20N2O2/c1-13-4-7-16-17(10-13)20(9-8-19-16)12-14-5-6-15(21-2)11-18(14)22-3/h4-8,10-11H,9,12H2,1-3H3. The van der Waals surface area contributed by atoms with Crippen molar-refractivity contribution in [3.63, 3.8) is 0 Å². The lowest BCUT2D eigenvalue weighted by Gasteiger charge is -2.28. The van der Waals surface area contributed by atoms with Crippen LogP contribution in [0.2, 0.25) is 0 Å². The van der Waals surface area contributed by atoms with Gasteiger partial charge in [-0.1, -0.05) is 6.07 Å². The molecule has 0 fully saturated rings. The summed E-state index contributed by atoms with van der Waals surface area (Å²) < 4.78 is 10.8. The highest BCUT2D eigenvalue weighted by atomic mass is 16.5. The summed E-state index contributed by atoms with van der Waals surface area (Å²) in [6.45, 7) is 3.67. The third kappa shape index (κ3) is 2.77. The average molecular weight is 296 g/mol. The Morgan fingerprint density at radius 2 is 1.95 bits per heavy atom. The molecule has 3 rings (SSSR count). The maximum absolute atomic E-state index is 5.50. The molecule has 1 heterocycles. The van der Waals surface area contributed by atoms with Crippen molar-refractivity contribution >= 4 is 17.6 Å². The van der Waals surface area contributed by atoms with Crippen molar-refractivity contribution in [3.05, 3.63) is 47.5 Å². The second-order valence-electron chi connectivity index (χ2n) is 5.36. The van der Waals surface area contributed by atoms with Gasteiger partial charge in [0.1, 0.15) is 11.5 Å². The van der Waals surface area contributed by atoms with Crippen molar-refractivity contribution in [2.75, 3.05) is 25.7 Å². The minimum atomic E-state index is 0.773. The van der Waals surface area contributed by atoms with Gasteiger partial charge >= 0.3 is 0 Å². The highest BCUT2D eigenvalue weighted by molar-refractivity contribution is 5.82. The molecule has 0 saturated heterocycles. The molecule has 0 saturated carbocycles. The Labute approximate surface area is 131 Å². The van der Waals surface area contributed by atoms with E-state index in [4.69, 9.17) is 9.47 Å². The largest absolute Gasteiger partial charge is 0.497 e. The smallest absolute Gasteiger partial charge is 0.127 e. The van der Waals surface area contributed by atoms with Crippen molar-refractivity contribution in [3.8, 4) is 11.5 Å². The van der Waals surface area contributed by atoms with E-state index in [1.54, 1.807) is 14.2 Å². The maximum atomic E-state index is 5.50. The Balaban J connectivity index is 1.91. The zero-order valence-corrected chi connectivity index (χ0v) is 13.2. The van der Waals surface area contributed by atoms with Gasteiger partial charge in [0.2, 0.25) is 0 Å². The first-order chi connectivity index (χ1) is 10.7. The molecule has 1 aliphatic rings. The minimum Gasteiger partial charge on any atom is -0.497 e. The Morgan fingerprint density at radius 1 is 1.09 bits per heavy atom. The SMILES string of the molecule is COc1ccc(CN2CC=Nc3ccc(C)cc32)c(OC)c1. The van der Waals surface area contributed by atoms with Crippen LogP contribution in [-0.4, -0.2) is 27.0 Å². The summed E-state index contributed by atoms with van der Waals surface area (Å²) in [7, 11) is 3.35. The van der Waals surface area contributed by atoms with E-state index in [0.29, 0.717) is 0 Å². The van der Waals surface area contributed by atoms with E-state index in [1.807, 2.05) is 18.3 Å². The number of fused-ring (bicyclic) bond motifs is 1. The van der Waals surface area contributed by atoms with E-state index < -0.39 is 0 Å². The lowest BCUT2D eigenvalue weighted by atomic mass is 10.1. The van der Waals surface area contributed by atoms with Crippen molar-refractivity contribution in [2.45, 2.75) is 13.5 Å². The molecule has 1 aliphatic heterocycles. The summed E-state index contributed by atoms with van der Waals surface area (Å²) in [5, 5.41) is 0. The summed E-state index contributed by atoms with van der Waals surface area (Å²) in [6.07, 6.45) is 1.95. The van der Waals surface area contributed by atoms with Crippen LogP contribution < -0.4 is 14.4 Å². The second-order valence-corrected chi connectivity index (χ2v) is 5.36. The number of aryl methyl sites for hydroxylation is 1. The fraction of sp³-hybridized carbons (Fsp3) is 0.278. The molecule has 0 bridgehead atoms. The van der Waals surface area contributed by atoms with Gasteiger partial charge in [-0.15, -0.1) is 0 Å². The Bertz CT molecular complexity index is 710. The Morgan fingerprint density at radius 3 is 2.73 bits per heavy atom. The number of ether oxygens (including phenoxy) is 2. The first kappa shape index (κ1) is 14.4. The van der Waals surface area contributed by atoms with Gasteiger partial charge in [-0.25, -0.2) is 0 Å².